The molecule has 8 nitrogen and oxygen atoms in total. The van der Waals surface area contributed by atoms with Crippen LogP contribution in [0.1, 0.15) is 83.6 Å². The quantitative estimate of drug-likeness (QED) is 0.433. The van der Waals surface area contributed by atoms with Crippen molar-refractivity contribution in [3.8, 4) is 0 Å². The molecule has 192 valence electrons. The zero-order valence-corrected chi connectivity index (χ0v) is 21.8. The number of fused-ring (bicyclic) bond motifs is 2. The van der Waals surface area contributed by atoms with Gasteiger partial charge >= 0.3 is 0 Å². The van der Waals surface area contributed by atoms with Crippen molar-refractivity contribution >= 4 is 28.5 Å². The van der Waals surface area contributed by atoms with Crippen molar-refractivity contribution in [2.45, 2.75) is 84.3 Å². The van der Waals surface area contributed by atoms with Gasteiger partial charge in [0.1, 0.15) is 5.82 Å². The monoisotopic (exact) mass is 489 g/mol. The highest BCUT2D eigenvalue weighted by atomic mass is 16.5. The molecule has 3 aliphatic heterocycles. The summed E-state index contributed by atoms with van der Waals surface area (Å²) in [5.41, 5.74) is 4.45. The van der Waals surface area contributed by atoms with Crippen LogP contribution in [-0.2, 0) is 11.2 Å². The van der Waals surface area contributed by atoms with E-state index in [1.807, 2.05) is 23.1 Å². The average molecular weight is 490 g/mol. The number of pyridine rings is 1. The molecule has 36 heavy (non-hydrogen) atoms. The number of ether oxygens (including phenoxy) is 1. The number of anilines is 3. The molecule has 0 N–H and O–H groups in total. The van der Waals surface area contributed by atoms with E-state index in [4.69, 9.17) is 19.8 Å². The molecule has 3 aromatic heterocycles. The molecule has 1 unspecified atom stereocenters. The molecule has 8 heteroatoms. The Kier molecular flexibility index (Phi) is 6.54. The summed E-state index contributed by atoms with van der Waals surface area (Å²) in [6.45, 7) is 8.43. The van der Waals surface area contributed by atoms with Crippen molar-refractivity contribution in [2.75, 3.05) is 36.0 Å². The van der Waals surface area contributed by atoms with Crippen molar-refractivity contribution < 1.29 is 4.74 Å². The van der Waals surface area contributed by atoms with Gasteiger partial charge in [-0.1, -0.05) is 26.7 Å². The smallest absolute Gasteiger partial charge is 0.183 e. The van der Waals surface area contributed by atoms with Gasteiger partial charge in [-0.05, 0) is 68.9 Å². The lowest BCUT2D eigenvalue weighted by molar-refractivity contribution is -0.0368. The number of aromatic nitrogens is 5. The van der Waals surface area contributed by atoms with Crippen LogP contribution < -0.4 is 9.80 Å². The molecule has 2 saturated heterocycles. The van der Waals surface area contributed by atoms with Gasteiger partial charge < -0.3 is 14.5 Å². The first-order chi connectivity index (χ1) is 17.7. The Labute approximate surface area is 214 Å². The van der Waals surface area contributed by atoms with E-state index in [1.54, 1.807) is 0 Å². The number of aryl methyl sites for hydroxylation is 1. The highest BCUT2D eigenvalue weighted by molar-refractivity contribution is 5.88. The maximum absolute atomic E-state index is 6.18. The maximum atomic E-state index is 6.18. The molecule has 0 amide bonds. The Hall–Kier alpha value is -2.74. The number of hydrogen-bond acceptors (Lipinski definition) is 7. The van der Waals surface area contributed by atoms with Crippen LogP contribution in [0.15, 0.2) is 24.5 Å². The van der Waals surface area contributed by atoms with Crippen molar-refractivity contribution in [2.24, 2.45) is 5.41 Å². The first-order valence-corrected chi connectivity index (χ1v) is 14.0. The summed E-state index contributed by atoms with van der Waals surface area (Å²) >= 11 is 0. The molecule has 0 spiro atoms. The van der Waals surface area contributed by atoms with Crippen molar-refractivity contribution in [1.29, 1.82) is 0 Å². The molecule has 0 aliphatic carbocycles. The van der Waals surface area contributed by atoms with Gasteiger partial charge in [0.05, 0.1) is 17.6 Å². The molecule has 3 aromatic rings. The van der Waals surface area contributed by atoms with E-state index in [2.05, 4.69) is 34.7 Å². The fraction of sp³-hybridized carbons (Fsp3) is 0.643. The van der Waals surface area contributed by atoms with Crippen LogP contribution in [-0.4, -0.2) is 51.0 Å². The van der Waals surface area contributed by atoms with E-state index in [9.17, 15) is 0 Å². The van der Waals surface area contributed by atoms with Crippen molar-refractivity contribution in [3.63, 3.8) is 0 Å². The van der Waals surface area contributed by atoms with Crippen LogP contribution in [0.2, 0.25) is 0 Å². The van der Waals surface area contributed by atoms with Crippen LogP contribution in [0.5, 0.6) is 0 Å². The largest absolute Gasteiger partial charge is 0.356 e. The van der Waals surface area contributed by atoms with Crippen LogP contribution in [0.4, 0.5) is 17.3 Å². The van der Waals surface area contributed by atoms with Crippen molar-refractivity contribution in [3.05, 3.63) is 30.2 Å². The molecule has 1 atom stereocenters. The second kappa shape index (κ2) is 9.96. The zero-order chi connectivity index (χ0) is 24.5. The number of rotatable bonds is 6. The number of piperidine rings is 1. The van der Waals surface area contributed by atoms with E-state index in [0.29, 0.717) is 5.41 Å². The third-order valence-corrected chi connectivity index (χ3v) is 8.69. The third-order valence-electron chi connectivity index (χ3n) is 8.69. The lowest BCUT2D eigenvalue weighted by Crippen LogP contribution is -2.40. The van der Waals surface area contributed by atoms with Gasteiger partial charge in [-0.2, -0.15) is 0 Å². The van der Waals surface area contributed by atoms with Gasteiger partial charge in [0.15, 0.2) is 23.2 Å². The Balaban J connectivity index is 1.37. The Morgan fingerprint density at radius 2 is 1.97 bits per heavy atom. The topological polar surface area (TPSA) is 72.2 Å². The third kappa shape index (κ3) is 4.23. The molecule has 0 aromatic carbocycles. The Morgan fingerprint density at radius 1 is 1.08 bits per heavy atom. The molecular weight excluding hydrogens is 450 g/mol. The zero-order valence-electron chi connectivity index (χ0n) is 21.8. The number of hydrogen-bond donors (Lipinski definition) is 0. The highest BCUT2D eigenvalue weighted by Gasteiger charge is 2.34. The fourth-order valence-corrected chi connectivity index (χ4v) is 6.47. The van der Waals surface area contributed by atoms with Crippen molar-refractivity contribution in [1.82, 2.24) is 24.7 Å². The first-order valence-electron chi connectivity index (χ1n) is 14.0. The van der Waals surface area contributed by atoms with Gasteiger partial charge in [-0.3, -0.25) is 4.98 Å². The second-order valence-electron chi connectivity index (χ2n) is 10.8. The minimum atomic E-state index is -0.0867. The standard InChI is InChI=1S/C28H39N7O/c1-3-12-28(4-2)13-17-33(18-14-28)23-20-30-25-26(31-23)35(24-11-5-6-19-36-24)32-27(25)34-16-8-9-21-22(34)10-7-15-29-21/h7,10,15,20,24H,3-6,8-9,11-14,16-19H2,1-2H3. The van der Waals surface area contributed by atoms with E-state index in [1.165, 1.54) is 32.1 Å². The molecule has 0 radical (unpaired) electrons. The second-order valence-corrected chi connectivity index (χ2v) is 10.8. The van der Waals surface area contributed by atoms with Gasteiger partial charge in [0, 0.05) is 32.4 Å². The van der Waals surface area contributed by atoms with E-state index in [0.717, 1.165) is 92.5 Å². The first kappa shape index (κ1) is 23.6. The predicted molar refractivity (Wildman–Crippen MR) is 143 cm³/mol. The molecular formula is C28H39N7O. The summed E-state index contributed by atoms with van der Waals surface area (Å²) in [6, 6.07) is 4.16. The summed E-state index contributed by atoms with van der Waals surface area (Å²) in [7, 11) is 0. The number of nitrogens with zero attached hydrogens (tertiary/aromatic N) is 7. The van der Waals surface area contributed by atoms with Gasteiger partial charge in [-0.25, -0.2) is 14.6 Å². The Bertz CT molecular complexity index is 1190. The fourth-order valence-electron chi connectivity index (χ4n) is 6.47. The minimum Gasteiger partial charge on any atom is -0.356 e. The summed E-state index contributed by atoms with van der Waals surface area (Å²) < 4.78 is 8.20. The van der Waals surface area contributed by atoms with Crippen LogP contribution in [0, 0.1) is 5.41 Å². The lowest BCUT2D eigenvalue weighted by Gasteiger charge is -2.42. The van der Waals surface area contributed by atoms with E-state index >= 15 is 0 Å². The minimum absolute atomic E-state index is 0.0867. The summed E-state index contributed by atoms with van der Waals surface area (Å²) in [4.78, 5) is 19.6. The van der Waals surface area contributed by atoms with E-state index in [-0.39, 0.29) is 6.23 Å². The van der Waals surface area contributed by atoms with Gasteiger partial charge in [-0.15, -0.1) is 5.10 Å². The van der Waals surface area contributed by atoms with Crippen LogP contribution >= 0.6 is 0 Å². The summed E-state index contributed by atoms with van der Waals surface area (Å²) in [6.07, 6.45) is 15.3. The van der Waals surface area contributed by atoms with Crippen LogP contribution in [0.3, 0.4) is 0 Å². The van der Waals surface area contributed by atoms with Gasteiger partial charge in [0.25, 0.3) is 0 Å². The highest BCUT2D eigenvalue weighted by Crippen LogP contribution is 2.41. The molecule has 2 fully saturated rings. The average Bonchev–Trinajstić information content (AvgIpc) is 3.32. The molecule has 6 heterocycles. The molecule has 3 aliphatic rings. The summed E-state index contributed by atoms with van der Waals surface area (Å²) in [5, 5.41) is 5.13. The SMILES string of the molecule is CCCC1(CC)CCN(c2cnc3c(N4CCCc5ncccc54)nn(C4CCCCO4)c3n2)CC1. The summed E-state index contributed by atoms with van der Waals surface area (Å²) in [5.74, 6) is 1.84. The van der Waals surface area contributed by atoms with Gasteiger partial charge in [0.2, 0.25) is 0 Å². The molecule has 0 bridgehead atoms. The van der Waals surface area contributed by atoms with Crippen LogP contribution in [0.25, 0.3) is 11.2 Å². The predicted octanol–water partition coefficient (Wildman–Crippen LogP) is 5.80. The molecule has 0 saturated carbocycles. The Morgan fingerprint density at radius 3 is 2.75 bits per heavy atom. The normalized spacial score (nSPS) is 22.1. The lowest BCUT2D eigenvalue weighted by atomic mass is 9.73. The molecule has 6 rings (SSSR count). The van der Waals surface area contributed by atoms with E-state index < -0.39 is 0 Å². The maximum Gasteiger partial charge on any atom is 0.183 e.